The number of halogens is 3. The van der Waals surface area contributed by atoms with E-state index in [0.29, 0.717) is 11.6 Å². The molecule has 1 atom stereocenters. The highest BCUT2D eigenvalue weighted by molar-refractivity contribution is 7.17. The quantitative estimate of drug-likeness (QED) is 0.525. The van der Waals surface area contributed by atoms with Crippen LogP contribution in [0.4, 0.5) is 13.2 Å². The normalized spacial score (nSPS) is 15.9. The van der Waals surface area contributed by atoms with Gasteiger partial charge in [0, 0.05) is 4.88 Å². The Kier molecular flexibility index (Phi) is 3.93. The number of hydrogen-bond donors (Lipinski definition) is 2. The fourth-order valence-electron chi connectivity index (χ4n) is 3.29. The zero-order chi connectivity index (χ0) is 20.3. The predicted molar refractivity (Wildman–Crippen MR) is 97.1 cm³/mol. The van der Waals surface area contributed by atoms with E-state index in [1.165, 1.54) is 12.3 Å². The number of fused-ring (bicyclic) bond motifs is 1. The van der Waals surface area contributed by atoms with Crippen LogP contribution in [0.25, 0.3) is 10.5 Å². The molecule has 1 saturated carbocycles. The van der Waals surface area contributed by atoms with Crippen LogP contribution in [-0.4, -0.2) is 34.6 Å². The molecule has 7 nitrogen and oxygen atoms in total. The molecule has 0 amide bonds. The van der Waals surface area contributed by atoms with E-state index in [4.69, 9.17) is 0 Å². The first-order valence-corrected chi connectivity index (χ1v) is 9.60. The second-order valence-corrected chi connectivity index (χ2v) is 7.98. The monoisotopic (exact) mass is 421 g/mol. The molecule has 0 aliphatic heterocycles. The minimum absolute atomic E-state index is 0.0709. The van der Waals surface area contributed by atoms with Gasteiger partial charge in [-0.25, -0.2) is 9.67 Å². The second kappa shape index (κ2) is 6.29. The lowest BCUT2D eigenvalue weighted by atomic mass is 10.1. The highest BCUT2D eigenvalue weighted by Gasteiger charge is 2.35. The number of phenols is 1. The summed E-state index contributed by atoms with van der Waals surface area (Å²) in [5, 5.41) is 28.3. The smallest absolute Gasteiger partial charge is 0.420 e. The molecule has 11 heteroatoms. The van der Waals surface area contributed by atoms with Crippen LogP contribution in [0.5, 0.6) is 5.75 Å². The van der Waals surface area contributed by atoms with Crippen LogP contribution < -0.4 is 0 Å². The van der Waals surface area contributed by atoms with Crippen molar-refractivity contribution in [2.24, 2.45) is 0 Å². The van der Waals surface area contributed by atoms with Gasteiger partial charge in [0.05, 0.1) is 29.3 Å². The van der Waals surface area contributed by atoms with Gasteiger partial charge in [-0.1, -0.05) is 5.21 Å². The van der Waals surface area contributed by atoms with Gasteiger partial charge in [0.2, 0.25) is 0 Å². The highest BCUT2D eigenvalue weighted by Crippen LogP contribution is 2.47. The summed E-state index contributed by atoms with van der Waals surface area (Å²) < 4.78 is 42.1. The average Bonchev–Trinajstić information content (AvgIpc) is 3.08. The molecule has 2 N–H and O–H groups in total. The molecule has 4 aromatic rings. The van der Waals surface area contributed by atoms with Crippen molar-refractivity contribution in [3.63, 3.8) is 0 Å². The minimum Gasteiger partial charge on any atom is -0.507 e. The molecule has 1 aliphatic carbocycles. The number of phenolic OH excluding ortho intramolecular Hbond substituents is 1. The van der Waals surface area contributed by atoms with Gasteiger partial charge < -0.3 is 10.2 Å². The van der Waals surface area contributed by atoms with Crippen LogP contribution >= 0.6 is 11.3 Å². The van der Waals surface area contributed by atoms with Crippen molar-refractivity contribution in [3.8, 4) is 11.4 Å². The number of benzene rings is 1. The second-order valence-electron chi connectivity index (χ2n) is 6.92. The zero-order valence-corrected chi connectivity index (χ0v) is 15.5. The van der Waals surface area contributed by atoms with Crippen LogP contribution in [-0.2, 0) is 6.18 Å². The Balaban J connectivity index is 1.53. The summed E-state index contributed by atoms with van der Waals surface area (Å²) in [5.41, 5.74) is -0.219. The van der Waals surface area contributed by atoms with E-state index < -0.39 is 23.6 Å². The number of alkyl halides is 3. The summed E-state index contributed by atoms with van der Waals surface area (Å²) in [5.74, 6) is -0.470. The molecule has 1 unspecified atom stereocenters. The van der Waals surface area contributed by atoms with Crippen molar-refractivity contribution in [1.29, 1.82) is 0 Å². The third kappa shape index (κ3) is 3.06. The van der Waals surface area contributed by atoms with E-state index in [2.05, 4.69) is 15.3 Å². The molecule has 150 valence electrons. The Labute approximate surface area is 165 Å². The molecule has 29 heavy (non-hydrogen) atoms. The number of aromatic hydroxyl groups is 1. The first kappa shape index (κ1) is 18.1. The van der Waals surface area contributed by atoms with Gasteiger partial charge in [-0.05, 0) is 37.0 Å². The van der Waals surface area contributed by atoms with Crippen LogP contribution in [0.3, 0.4) is 0 Å². The maximum atomic E-state index is 13.1. The largest absolute Gasteiger partial charge is 0.507 e. The predicted octanol–water partition coefficient (Wildman–Crippen LogP) is 3.66. The van der Waals surface area contributed by atoms with E-state index in [1.807, 2.05) is 4.40 Å². The number of hydrogen-bond acceptors (Lipinski definition) is 6. The molecule has 5 rings (SSSR count). The zero-order valence-electron chi connectivity index (χ0n) is 14.7. The topological polar surface area (TPSA) is 88.5 Å². The van der Waals surface area contributed by atoms with E-state index in [1.54, 1.807) is 23.9 Å². The van der Waals surface area contributed by atoms with Gasteiger partial charge in [-0.15, -0.1) is 16.4 Å². The lowest BCUT2D eigenvalue weighted by Gasteiger charge is -2.11. The number of imidazole rings is 1. The number of aliphatic hydroxyl groups excluding tert-OH is 1. The summed E-state index contributed by atoms with van der Waals surface area (Å²) in [4.78, 5) is 6.07. The Bertz CT molecular complexity index is 1210. The van der Waals surface area contributed by atoms with E-state index in [9.17, 15) is 23.4 Å². The molecule has 1 aliphatic rings. The van der Waals surface area contributed by atoms with Crippen molar-refractivity contribution in [2.75, 3.05) is 0 Å². The van der Waals surface area contributed by atoms with Gasteiger partial charge >= 0.3 is 6.18 Å². The third-order valence-electron chi connectivity index (χ3n) is 4.88. The Morgan fingerprint density at radius 2 is 2.03 bits per heavy atom. The van der Waals surface area contributed by atoms with Crippen molar-refractivity contribution in [1.82, 2.24) is 24.4 Å². The molecule has 3 heterocycles. The molecular formula is C18H14F3N5O2S. The lowest BCUT2D eigenvalue weighted by molar-refractivity contribution is -0.138. The number of nitrogens with zero attached hydrogens (tertiary/aromatic N) is 5. The number of rotatable bonds is 4. The molecule has 0 radical (unpaired) electrons. The molecule has 0 spiro atoms. The van der Waals surface area contributed by atoms with Crippen LogP contribution in [0.1, 0.15) is 46.7 Å². The third-order valence-corrected chi connectivity index (χ3v) is 6.15. The lowest BCUT2D eigenvalue weighted by Crippen LogP contribution is -2.07. The van der Waals surface area contributed by atoms with Gasteiger partial charge in [0.15, 0.2) is 0 Å². The van der Waals surface area contributed by atoms with Crippen LogP contribution in [0.2, 0.25) is 0 Å². The Morgan fingerprint density at radius 1 is 1.24 bits per heavy atom. The summed E-state index contributed by atoms with van der Waals surface area (Å²) in [6, 6.07) is 3.03. The molecule has 0 bridgehead atoms. The summed E-state index contributed by atoms with van der Waals surface area (Å²) in [6.45, 7) is 0. The van der Waals surface area contributed by atoms with Gasteiger partial charge in [0.25, 0.3) is 0 Å². The summed E-state index contributed by atoms with van der Waals surface area (Å²) >= 11 is 1.57. The number of aliphatic hydroxyl groups is 1. The van der Waals surface area contributed by atoms with Crippen molar-refractivity contribution >= 4 is 16.2 Å². The fourth-order valence-corrected chi connectivity index (χ4v) is 4.59. The number of aromatic nitrogens is 5. The van der Waals surface area contributed by atoms with Crippen molar-refractivity contribution in [2.45, 2.75) is 31.0 Å². The van der Waals surface area contributed by atoms with Gasteiger partial charge in [-0.2, -0.15) is 13.2 Å². The summed E-state index contributed by atoms with van der Waals surface area (Å²) in [7, 11) is 0. The van der Waals surface area contributed by atoms with Crippen LogP contribution in [0, 0.1) is 0 Å². The summed E-state index contributed by atoms with van der Waals surface area (Å²) in [6.07, 6.45) is 1.03. The SMILES string of the molecule is Oc1ccc(-n2cc(C(O)c3c(C4CC4)sc4cncn34)nn2)cc1C(F)(F)F. The minimum atomic E-state index is -4.70. The van der Waals surface area contributed by atoms with E-state index >= 15 is 0 Å². The highest BCUT2D eigenvalue weighted by atomic mass is 32.1. The van der Waals surface area contributed by atoms with Gasteiger partial charge in [0.1, 0.15) is 28.7 Å². The molecule has 0 saturated heterocycles. The maximum Gasteiger partial charge on any atom is 0.420 e. The first-order chi connectivity index (χ1) is 13.8. The molecule has 1 fully saturated rings. The van der Waals surface area contributed by atoms with E-state index in [0.717, 1.165) is 39.4 Å². The fraction of sp³-hybridized carbons (Fsp3) is 0.278. The van der Waals surface area contributed by atoms with Crippen LogP contribution in [0.15, 0.2) is 36.9 Å². The molecule has 1 aromatic carbocycles. The number of thiazole rings is 1. The standard InChI is InChI=1S/C18H14F3N5O2S/c19-18(20,21)11-5-10(3-4-13(11)27)26-7-12(23-24-26)16(28)15-17(9-1-2-9)29-14-6-22-8-25(14)15/h3-9,16,27-28H,1-2H2. The van der Waals surface area contributed by atoms with Gasteiger partial charge in [-0.3, -0.25) is 4.40 Å². The van der Waals surface area contributed by atoms with Crippen molar-refractivity contribution < 1.29 is 23.4 Å². The average molecular weight is 421 g/mol. The first-order valence-electron chi connectivity index (χ1n) is 8.78. The van der Waals surface area contributed by atoms with E-state index in [-0.39, 0.29) is 11.4 Å². The Hall–Kier alpha value is -2.92. The molecular weight excluding hydrogens is 407 g/mol. The van der Waals surface area contributed by atoms with Crippen molar-refractivity contribution in [3.05, 3.63) is 58.7 Å². The maximum absolute atomic E-state index is 13.1. The molecule has 3 aromatic heterocycles. The Morgan fingerprint density at radius 3 is 2.76 bits per heavy atom.